The summed E-state index contributed by atoms with van der Waals surface area (Å²) in [6.07, 6.45) is 0.379. The second kappa shape index (κ2) is 6.23. The Morgan fingerprint density at radius 3 is 2.11 bits per heavy atom. The molecule has 0 heterocycles. The van der Waals surface area contributed by atoms with Gasteiger partial charge in [0.25, 0.3) is 0 Å². The van der Waals surface area contributed by atoms with E-state index in [9.17, 15) is 14.4 Å². The molecule has 18 heavy (non-hydrogen) atoms. The average molecular weight is 259 g/mol. The highest BCUT2D eigenvalue weighted by atomic mass is 16.4. The molecular formula is C11H21N3O4. The van der Waals surface area contributed by atoms with Crippen molar-refractivity contribution in [3.05, 3.63) is 0 Å². The Morgan fingerprint density at radius 1 is 1.28 bits per heavy atom. The maximum atomic E-state index is 11.9. The van der Waals surface area contributed by atoms with Crippen LogP contribution in [0.2, 0.25) is 0 Å². The maximum absolute atomic E-state index is 11.9. The molecule has 0 bridgehead atoms. The van der Waals surface area contributed by atoms with E-state index in [1.807, 2.05) is 13.8 Å². The van der Waals surface area contributed by atoms with E-state index in [0.717, 1.165) is 0 Å². The second-order valence-electron chi connectivity index (χ2n) is 5.11. The van der Waals surface area contributed by atoms with Crippen LogP contribution in [0.25, 0.3) is 0 Å². The van der Waals surface area contributed by atoms with Crippen LogP contribution < -0.4 is 16.4 Å². The van der Waals surface area contributed by atoms with Crippen molar-refractivity contribution in [3.63, 3.8) is 0 Å². The lowest BCUT2D eigenvalue weighted by atomic mass is 10.0. The second-order valence-corrected chi connectivity index (χ2v) is 5.11. The summed E-state index contributed by atoms with van der Waals surface area (Å²) in [4.78, 5) is 33.6. The number of carbonyl (C=O) groups excluding carboxylic acids is 2. The number of carbonyl (C=O) groups is 3. The van der Waals surface area contributed by atoms with Crippen LogP contribution in [0.1, 0.15) is 34.1 Å². The molecule has 0 radical (unpaired) electrons. The molecule has 7 heteroatoms. The third kappa shape index (κ3) is 5.51. The molecule has 3 amide bonds. The van der Waals surface area contributed by atoms with Crippen molar-refractivity contribution in [2.75, 3.05) is 0 Å². The van der Waals surface area contributed by atoms with Crippen LogP contribution in [0.4, 0.5) is 4.79 Å². The molecule has 104 valence electrons. The van der Waals surface area contributed by atoms with Gasteiger partial charge in [0, 0.05) is 0 Å². The molecule has 0 aliphatic heterocycles. The summed E-state index contributed by atoms with van der Waals surface area (Å²) in [5.41, 5.74) is 3.59. The van der Waals surface area contributed by atoms with Crippen molar-refractivity contribution in [1.29, 1.82) is 0 Å². The molecule has 0 aliphatic rings. The number of primary amides is 1. The smallest absolute Gasteiger partial charge is 0.328 e. The molecule has 1 atom stereocenters. The Hall–Kier alpha value is -1.79. The molecule has 1 unspecified atom stereocenters. The fourth-order valence-electron chi connectivity index (χ4n) is 1.32. The molecule has 0 aliphatic carbocycles. The van der Waals surface area contributed by atoms with Crippen LogP contribution >= 0.6 is 0 Å². The SMILES string of the molecule is CC(C)CC(NC(N)=O)C(=O)NC(C)(C)C(=O)O. The van der Waals surface area contributed by atoms with Crippen LogP contribution in [0.15, 0.2) is 0 Å². The molecule has 0 aromatic carbocycles. The molecule has 7 nitrogen and oxygen atoms in total. The monoisotopic (exact) mass is 259 g/mol. The molecule has 0 aromatic rings. The summed E-state index contributed by atoms with van der Waals surface area (Å²) in [7, 11) is 0. The van der Waals surface area contributed by atoms with E-state index in [-0.39, 0.29) is 5.92 Å². The van der Waals surface area contributed by atoms with Crippen LogP contribution in [0, 0.1) is 5.92 Å². The Balaban J connectivity index is 4.75. The van der Waals surface area contributed by atoms with E-state index in [1.165, 1.54) is 13.8 Å². The Kier molecular flexibility index (Phi) is 5.61. The molecule has 0 spiro atoms. The summed E-state index contributed by atoms with van der Waals surface area (Å²) in [6.45, 7) is 6.49. The number of hydrogen-bond acceptors (Lipinski definition) is 3. The third-order valence-electron chi connectivity index (χ3n) is 2.31. The molecule has 5 N–H and O–H groups in total. The quantitative estimate of drug-likeness (QED) is 0.538. The lowest BCUT2D eigenvalue weighted by molar-refractivity contribution is -0.146. The standard InChI is InChI=1S/C11H21N3O4/c1-6(2)5-7(13-10(12)18)8(15)14-11(3,4)9(16)17/h6-7H,5H2,1-4H3,(H,14,15)(H,16,17)(H3,12,13,18). The first-order valence-electron chi connectivity index (χ1n) is 5.67. The highest BCUT2D eigenvalue weighted by Gasteiger charge is 2.32. The first-order chi connectivity index (χ1) is 8.06. The predicted molar refractivity (Wildman–Crippen MR) is 65.8 cm³/mol. The van der Waals surface area contributed by atoms with Gasteiger partial charge >= 0.3 is 12.0 Å². The van der Waals surface area contributed by atoms with Crippen molar-refractivity contribution in [2.45, 2.75) is 45.7 Å². The number of nitrogens with one attached hydrogen (secondary N) is 2. The summed E-state index contributed by atoms with van der Waals surface area (Å²) in [5, 5.41) is 13.6. The normalized spacial score (nSPS) is 12.9. The van der Waals surface area contributed by atoms with Crippen molar-refractivity contribution >= 4 is 17.9 Å². The fraction of sp³-hybridized carbons (Fsp3) is 0.727. The van der Waals surface area contributed by atoms with Crippen LogP contribution in [0.5, 0.6) is 0 Å². The van der Waals surface area contributed by atoms with Crippen LogP contribution in [-0.4, -0.2) is 34.6 Å². The van der Waals surface area contributed by atoms with E-state index in [1.54, 1.807) is 0 Å². The summed E-state index contributed by atoms with van der Waals surface area (Å²) < 4.78 is 0. The van der Waals surface area contributed by atoms with Crippen LogP contribution in [-0.2, 0) is 9.59 Å². The van der Waals surface area contributed by atoms with Gasteiger partial charge in [-0.3, -0.25) is 4.79 Å². The minimum atomic E-state index is -1.40. The summed E-state index contributed by atoms with van der Waals surface area (Å²) in [5.74, 6) is -1.56. The number of nitrogens with two attached hydrogens (primary N) is 1. The van der Waals surface area contributed by atoms with Gasteiger partial charge in [-0.2, -0.15) is 0 Å². The number of rotatable bonds is 6. The van der Waals surface area contributed by atoms with E-state index in [0.29, 0.717) is 6.42 Å². The van der Waals surface area contributed by atoms with Crippen molar-refractivity contribution in [3.8, 4) is 0 Å². The van der Waals surface area contributed by atoms with Crippen LogP contribution in [0.3, 0.4) is 0 Å². The minimum absolute atomic E-state index is 0.153. The van der Waals surface area contributed by atoms with Crippen molar-refractivity contribution < 1.29 is 19.5 Å². The number of carboxylic acid groups (broad SMARTS) is 1. The van der Waals surface area contributed by atoms with E-state index < -0.39 is 29.5 Å². The Morgan fingerprint density at radius 2 is 1.78 bits per heavy atom. The van der Waals surface area contributed by atoms with E-state index in [4.69, 9.17) is 10.8 Å². The number of amides is 3. The molecule has 0 aromatic heterocycles. The number of aliphatic carboxylic acids is 1. The first-order valence-corrected chi connectivity index (χ1v) is 5.67. The Bertz CT molecular complexity index is 339. The molecular weight excluding hydrogens is 238 g/mol. The van der Waals surface area contributed by atoms with E-state index >= 15 is 0 Å². The molecule has 0 fully saturated rings. The topological polar surface area (TPSA) is 122 Å². The van der Waals surface area contributed by atoms with Gasteiger partial charge in [-0.05, 0) is 26.2 Å². The highest BCUT2D eigenvalue weighted by molar-refractivity contribution is 5.91. The minimum Gasteiger partial charge on any atom is -0.480 e. The van der Waals surface area contributed by atoms with Gasteiger partial charge in [-0.15, -0.1) is 0 Å². The molecule has 0 saturated carbocycles. The number of carboxylic acids is 1. The largest absolute Gasteiger partial charge is 0.480 e. The number of urea groups is 1. The van der Waals surface area contributed by atoms with Gasteiger partial charge in [0.05, 0.1) is 0 Å². The lowest BCUT2D eigenvalue weighted by Gasteiger charge is -2.25. The van der Waals surface area contributed by atoms with Gasteiger partial charge in [-0.25, -0.2) is 9.59 Å². The third-order valence-corrected chi connectivity index (χ3v) is 2.31. The van der Waals surface area contributed by atoms with E-state index in [2.05, 4.69) is 10.6 Å². The highest BCUT2D eigenvalue weighted by Crippen LogP contribution is 2.08. The summed E-state index contributed by atoms with van der Waals surface area (Å²) in [6, 6.07) is -1.65. The summed E-state index contributed by atoms with van der Waals surface area (Å²) >= 11 is 0. The van der Waals surface area contributed by atoms with Crippen molar-refractivity contribution in [1.82, 2.24) is 10.6 Å². The maximum Gasteiger partial charge on any atom is 0.328 e. The molecule has 0 saturated heterocycles. The van der Waals surface area contributed by atoms with Gasteiger partial charge in [0.1, 0.15) is 11.6 Å². The Labute approximate surface area is 106 Å². The van der Waals surface area contributed by atoms with Gasteiger partial charge in [0.15, 0.2) is 0 Å². The number of hydrogen-bond donors (Lipinski definition) is 4. The van der Waals surface area contributed by atoms with Gasteiger partial charge in [0.2, 0.25) is 5.91 Å². The predicted octanol–water partition coefficient (Wildman–Crippen LogP) is 0.0488. The van der Waals surface area contributed by atoms with Gasteiger partial charge < -0.3 is 21.5 Å². The lowest BCUT2D eigenvalue weighted by Crippen LogP contribution is -2.57. The van der Waals surface area contributed by atoms with Crippen molar-refractivity contribution in [2.24, 2.45) is 11.7 Å². The average Bonchev–Trinajstić information content (AvgIpc) is 2.13. The first kappa shape index (κ1) is 16.2. The van der Waals surface area contributed by atoms with Gasteiger partial charge in [-0.1, -0.05) is 13.8 Å². The molecule has 0 rings (SSSR count). The zero-order valence-corrected chi connectivity index (χ0v) is 11.1. The zero-order chi connectivity index (χ0) is 14.5. The zero-order valence-electron chi connectivity index (χ0n) is 11.1. The fourth-order valence-corrected chi connectivity index (χ4v) is 1.32.